The van der Waals surface area contributed by atoms with Gasteiger partial charge in [-0.15, -0.1) is 0 Å². The van der Waals surface area contributed by atoms with E-state index in [2.05, 4.69) is 16.0 Å². The van der Waals surface area contributed by atoms with E-state index in [9.17, 15) is 10.1 Å². The quantitative estimate of drug-likeness (QED) is 0.777. The van der Waals surface area contributed by atoms with Crippen molar-refractivity contribution in [2.45, 2.75) is 0 Å². The Morgan fingerprint density at radius 1 is 1.19 bits per heavy atom. The van der Waals surface area contributed by atoms with E-state index in [0.717, 1.165) is 10.9 Å². The standard InChI is InChI=1S/C16H9N3O2/c17-8-15-12(7-10-3-1-2-4-13(10)19-15)11-5-6-14(16(20)21)18-9-11/h1-7,9H,(H,20,21). The van der Waals surface area contributed by atoms with Gasteiger partial charge in [0.15, 0.2) is 0 Å². The zero-order valence-electron chi connectivity index (χ0n) is 10.8. The first-order valence-electron chi connectivity index (χ1n) is 6.18. The summed E-state index contributed by atoms with van der Waals surface area (Å²) in [6.45, 7) is 0. The predicted molar refractivity (Wildman–Crippen MR) is 76.6 cm³/mol. The van der Waals surface area contributed by atoms with Crippen LogP contribution in [0.25, 0.3) is 22.0 Å². The van der Waals surface area contributed by atoms with E-state index in [1.54, 1.807) is 6.07 Å². The number of hydrogen-bond acceptors (Lipinski definition) is 4. The molecule has 0 spiro atoms. The number of carboxylic acid groups (broad SMARTS) is 1. The van der Waals surface area contributed by atoms with Gasteiger partial charge in [-0.2, -0.15) is 5.26 Å². The fraction of sp³-hybridized carbons (Fsp3) is 0. The minimum Gasteiger partial charge on any atom is -0.477 e. The molecule has 0 amide bonds. The molecule has 100 valence electrons. The molecule has 5 heteroatoms. The summed E-state index contributed by atoms with van der Waals surface area (Å²) in [5, 5.41) is 19.0. The van der Waals surface area contributed by atoms with Crippen molar-refractivity contribution in [3.63, 3.8) is 0 Å². The third-order valence-corrected chi connectivity index (χ3v) is 3.12. The topological polar surface area (TPSA) is 86.9 Å². The van der Waals surface area contributed by atoms with Crippen LogP contribution in [0.15, 0.2) is 48.7 Å². The minimum absolute atomic E-state index is 0.0361. The number of carboxylic acids is 1. The van der Waals surface area contributed by atoms with Gasteiger partial charge in [-0.3, -0.25) is 0 Å². The highest BCUT2D eigenvalue weighted by Gasteiger charge is 2.10. The Labute approximate surface area is 120 Å². The first-order chi connectivity index (χ1) is 10.2. The van der Waals surface area contributed by atoms with Gasteiger partial charge in [0.05, 0.1) is 5.52 Å². The van der Waals surface area contributed by atoms with Crippen molar-refractivity contribution in [2.24, 2.45) is 0 Å². The number of nitrogens with zero attached hydrogens (tertiary/aromatic N) is 3. The molecule has 1 aromatic carbocycles. The lowest BCUT2D eigenvalue weighted by Crippen LogP contribution is -1.99. The molecule has 5 nitrogen and oxygen atoms in total. The van der Waals surface area contributed by atoms with Crippen LogP contribution in [0.5, 0.6) is 0 Å². The van der Waals surface area contributed by atoms with E-state index >= 15 is 0 Å². The summed E-state index contributed by atoms with van der Waals surface area (Å²) in [5.74, 6) is -1.08. The Hall–Kier alpha value is -3.26. The number of nitriles is 1. The molecule has 0 aliphatic heterocycles. The van der Waals surface area contributed by atoms with Crippen molar-refractivity contribution in [3.8, 4) is 17.2 Å². The van der Waals surface area contributed by atoms with Gasteiger partial charge in [0, 0.05) is 22.7 Å². The summed E-state index contributed by atoms with van der Waals surface area (Å²) in [7, 11) is 0. The molecule has 0 bridgehead atoms. The van der Waals surface area contributed by atoms with Crippen LogP contribution in [-0.4, -0.2) is 21.0 Å². The van der Waals surface area contributed by atoms with E-state index in [1.165, 1.54) is 12.3 Å². The second-order valence-electron chi connectivity index (χ2n) is 4.43. The van der Waals surface area contributed by atoms with Gasteiger partial charge in [-0.05, 0) is 18.2 Å². The Morgan fingerprint density at radius 3 is 2.67 bits per heavy atom. The zero-order valence-corrected chi connectivity index (χ0v) is 10.8. The zero-order chi connectivity index (χ0) is 14.8. The van der Waals surface area contributed by atoms with Gasteiger partial charge in [-0.1, -0.05) is 24.3 Å². The maximum Gasteiger partial charge on any atom is 0.354 e. The Kier molecular flexibility index (Phi) is 3.05. The summed E-state index contributed by atoms with van der Waals surface area (Å²) >= 11 is 0. The number of rotatable bonds is 2. The van der Waals surface area contributed by atoms with Crippen LogP contribution in [0.2, 0.25) is 0 Å². The van der Waals surface area contributed by atoms with Crippen molar-refractivity contribution in [1.82, 2.24) is 9.97 Å². The molecule has 0 fully saturated rings. The molecule has 3 rings (SSSR count). The maximum atomic E-state index is 10.8. The Bertz CT molecular complexity index is 880. The number of carbonyl (C=O) groups is 1. The highest BCUT2D eigenvalue weighted by molar-refractivity contribution is 5.88. The van der Waals surface area contributed by atoms with E-state index in [-0.39, 0.29) is 5.69 Å². The van der Waals surface area contributed by atoms with Gasteiger partial charge in [0.1, 0.15) is 17.5 Å². The predicted octanol–water partition coefficient (Wildman–Crippen LogP) is 2.87. The molecule has 0 saturated carbocycles. The van der Waals surface area contributed by atoms with Crippen LogP contribution in [0.3, 0.4) is 0 Å². The Balaban J connectivity index is 2.19. The molecule has 21 heavy (non-hydrogen) atoms. The molecule has 0 aliphatic rings. The van der Waals surface area contributed by atoms with E-state index in [4.69, 9.17) is 5.11 Å². The Morgan fingerprint density at radius 2 is 2.00 bits per heavy atom. The summed E-state index contributed by atoms with van der Waals surface area (Å²) in [4.78, 5) is 19.0. The van der Waals surface area contributed by atoms with Gasteiger partial charge in [0.25, 0.3) is 0 Å². The molecule has 3 aromatic rings. The number of pyridine rings is 2. The minimum atomic E-state index is -1.08. The first-order valence-corrected chi connectivity index (χ1v) is 6.18. The number of aromatic nitrogens is 2. The molecule has 1 N–H and O–H groups in total. The fourth-order valence-corrected chi connectivity index (χ4v) is 2.10. The van der Waals surface area contributed by atoms with Gasteiger partial charge < -0.3 is 5.11 Å². The number of para-hydroxylation sites is 1. The van der Waals surface area contributed by atoms with Crippen molar-refractivity contribution in [1.29, 1.82) is 5.26 Å². The SMILES string of the molecule is N#Cc1nc2ccccc2cc1-c1ccc(C(=O)O)nc1. The average molecular weight is 275 g/mol. The van der Waals surface area contributed by atoms with Crippen molar-refractivity contribution < 1.29 is 9.90 Å². The molecular weight excluding hydrogens is 266 g/mol. The van der Waals surface area contributed by atoms with Gasteiger partial charge >= 0.3 is 5.97 Å². The summed E-state index contributed by atoms with van der Waals surface area (Å²) in [6, 6.07) is 14.5. The van der Waals surface area contributed by atoms with Crippen LogP contribution >= 0.6 is 0 Å². The van der Waals surface area contributed by atoms with Crippen LogP contribution in [-0.2, 0) is 0 Å². The van der Waals surface area contributed by atoms with Crippen molar-refractivity contribution >= 4 is 16.9 Å². The lowest BCUT2D eigenvalue weighted by molar-refractivity contribution is 0.0690. The number of fused-ring (bicyclic) bond motifs is 1. The number of benzene rings is 1. The average Bonchev–Trinajstić information content (AvgIpc) is 2.53. The smallest absolute Gasteiger partial charge is 0.354 e. The van der Waals surface area contributed by atoms with E-state index < -0.39 is 5.97 Å². The van der Waals surface area contributed by atoms with E-state index in [0.29, 0.717) is 16.8 Å². The molecule has 0 radical (unpaired) electrons. The van der Waals surface area contributed by atoms with Crippen molar-refractivity contribution in [2.75, 3.05) is 0 Å². The van der Waals surface area contributed by atoms with Crippen molar-refractivity contribution in [3.05, 3.63) is 60.0 Å². The lowest BCUT2D eigenvalue weighted by atomic mass is 10.0. The first kappa shape index (κ1) is 12.8. The molecule has 0 aliphatic carbocycles. The molecule has 0 saturated heterocycles. The normalized spacial score (nSPS) is 10.2. The number of aromatic carboxylic acids is 1. The second kappa shape index (κ2) is 5.02. The third kappa shape index (κ3) is 2.30. The molecule has 2 aromatic heterocycles. The summed E-state index contributed by atoms with van der Waals surface area (Å²) < 4.78 is 0. The number of hydrogen-bond donors (Lipinski definition) is 1. The molecule has 0 atom stereocenters. The van der Waals surface area contributed by atoms with Crippen LogP contribution < -0.4 is 0 Å². The van der Waals surface area contributed by atoms with Crippen LogP contribution in [0, 0.1) is 11.3 Å². The summed E-state index contributed by atoms with van der Waals surface area (Å²) in [5.41, 5.74) is 2.30. The maximum absolute atomic E-state index is 10.8. The van der Waals surface area contributed by atoms with Gasteiger partial charge in [-0.25, -0.2) is 14.8 Å². The van der Waals surface area contributed by atoms with Gasteiger partial charge in [0.2, 0.25) is 0 Å². The van der Waals surface area contributed by atoms with E-state index in [1.807, 2.05) is 30.3 Å². The molecule has 0 unspecified atom stereocenters. The second-order valence-corrected chi connectivity index (χ2v) is 4.43. The monoisotopic (exact) mass is 275 g/mol. The molecular formula is C16H9N3O2. The van der Waals surface area contributed by atoms with Crippen LogP contribution in [0.1, 0.15) is 16.2 Å². The highest BCUT2D eigenvalue weighted by atomic mass is 16.4. The van der Waals surface area contributed by atoms with Crippen LogP contribution in [0.4, 0.5) is 0 Å². The fourth-order valence-electron chi connectivity index (χ4n) is 2.10. The largest absolute Gasteiger partial charge is 0.477 e. The summed E-state index contributed by atoms with van der Waals surface area (Å²) in [6.07, 6.45) is 1.44. The molecule has 2 heterocycles. The third-order valence-electron chi connectivity index (χ3n) is 3.12. The lowest BCUT2D eigenvalue weighted by Gasteiger charge is -2.06. The highest BCUT2D eigenvalue weighted by Crippen LogP contribution is 2.25.